The Balaban J connectivity index is 3.48. The van der Waals surface area contributed by atoms with Crippen LogP contribution in [0.2, 0.25) is 0 Å². The van der Waals surface area contributed by atoms with Crippen molar-refractivity contribution < 1.29 is 8.42 Å². The third-order valence-electron chi connectivity index (χ3n) is 1.42. The van der Waals surface area contributed by atoms with E-state index < -0.39 is 10.0 Å². The molecule has 0 saturated carbocycles. The van der Waals surface area contributed by atoms with Gasteiger partial charge in [-0.2, -0.15) is 0 Å². The molecule has 0 aromatic carbocycles. The molecule has 0 fully saturated rings. The third kappa shape index (κ3) is 8.10. The van der Waals surface area contributed by atoms with Gasteiger partial charge in [-0.3, -0.25) is 0 Å². The standard InChI is InChI=1S/C8H14ClNO2S/c1-2-3-4-5-7-10-13(11,12)8-6-9/h1,10H,3-8H2. The molecule has 0 aliphatic heterocycles. The zero-order valence-electron chi connectivity index (χ0n) is 7.42. The summed E-state index contributed by atoms with van der Waals surface area (Å²) in [6.45, 7) is 0.445. The van der Waals surface area contributed by atoms with Crippen LogP contribution >= 0.6 is 11.6 Å². The van der Waals surface area contributed by atoms with E-state index in [0.717, 1.165) is 12.8 Å². The largest absolute Gasteiger partial charge is 0.215 e. The second-order valence-corrected chi connectivity index (χ2v) is 4.87. The molecule has 76 valence electrons. The summed E-state index contributed by atoms with van der Waals surface area (Å²) in [5.74, 6) is 2.59. The van der Waals surface area contributed by atoms with Gasteiger partial charge in [-0.25, -0.2) is 13.1 Å². The Labute approximate surface area is 84.9 Å². The van der Waals surface area contributed by atoms with Crippen molar-refractivity contribution in [1.29, 1.82) is 0 Å². The van der Waals surface area contributed by atoms with E-state index in [-0.39, 0.29) is 11.6 Å². The van der Waals surface area contributed by atoms with Crippen LogP contribution < -0.4 is 4.72 Å². The lowest BCUT2D eigenvalue weighted by molar-refractivity contribution is 0.579. The van der Waals surface area contributed by atoms with E-state index in [4.69, 9.17) is 18.0 Å². The SMILES string of the molecule is C#CCCCCNS(=O)(=O)CCCl. The van der Waals surface area contributed by atoms with Gasteiger partial charge in [0, 0.05) is 18.8 Å². The van der Waals surface area contributed by atoms with E-state index in [1.54, 1.807) is 0 Å². The molecular weight excluding hydrogens is 210 g/mol. The van der Waals surface area contributed by atoms with Crippen LogP contribution in [0.1, 0.15) is 19.3 Å². The van der Waals surface area contributed by atoms with E-state index in [2.05, 4.69) is 10.6 Å². The van der Waals surface area contributed by atoms with Crippen molar-refractivity contribution in [2.45, 2.75) is 19.3 Å². The summed E-state index contributed by atoms with van der Waals surface area (Å²) in [6.07, 6.45) is 7.35. The summed E-state index contributed by atoms with van der Waals surface area (Å²) in [7, 11) is -3.15. The minimum Gasteiger partial charge on any atom is -0.215 e. The van der Waals surface area contributed by atoms with Gasteiger partial charge in [0.25, 0.3) is 0 Å². The highest BCUT2D eigenvalue weighted by Crippen LogP contribution is 1.93. The molecule has 0 aromatic heterocycles. The van der Waals surface area contributed by atoms with Crippen LogP contribution in [0.5, 0.6) is 0 Å². The Morgan fingerprint density at radius 3 is 2.62 bits per heavy atom. The van der Waals surface area contributed by atoms with Crippen molar-refractivity contribution in [3.05, 3.63) is 0 Å². The molecule has 5 heteroatoms. The Bertz CT molecular complexity index is 256. The first kappa shape index (κ1) is 12.8. The fourth-order valence-corrected chi connectivity index (χ4v) is 2.17. The molecule has 0 aromatic rings. The number of hydrogen-bond acceptors (Lipinski definition) is 2. The molecule has 0 spiro atoms. The lowest BCUT2D eigenvalue weighted by Crippen LogP contribution is -2.27. The first-order chi connectivity index (χ1) is 6.12. The Morgan fingerprint density at radius 1 is 1.38 bits per heavy atom. The van der Waals surface area contributed by atoms with E-state index >= 15 is 0 Å². The number of sulfonamides is 1. The van der Waals surface area contributed by atoms with Gasteiger partial charge in [0.1, 0.15) is 0 Å². The molecule has 0 heterocycles. The Hall–Kier alpha value is -0.240. The molecule has 0 rings (SSSR count). The smallest absolute Gasteiger partial charge is 0.212 e. The molecule has 0 aliphatic rings. The molecular formula is C8H14ClNO2S. The van der Waals surface area contributed by atoms with Crippen LogP contribution in [0.25, 0.3) is 0 Å². The third-order valence-corrected chi connectivity index (χ3v) is 3.21. The summed E-state index contributed by atoms with van der Waals surface area (Å²) < 4.78 is 24.5. The van der Waals surface area contributed by atoms with Gasteiger partial charge in [-0.1, -0.05) is 0 Å². The van der Waals surface area contributed by atoms with Crippen LogP contribution in [0.15, 0.2) is 0 Å². The number of nitrogens with one attached hydrogen (secondary N) is 1. The predicted octanol–water partition coefficient (Wildman–Crippen LogP) is 0.948. The number of terminal acetylenes is 1. The van der Waals surface area contributed by atoms with Crippen molar-refractivity contribution in [2.75, 3.05) is 18.2 Å². The van der Waals surface area contributed by atoms with Crippen LogP contribution in [0, 0.1) is 12.3 Å². The van der Waals surface area contributed by atoms with Crippen molar-refractivity contribution >= 4 is 21.6 Å². The van der Waals surface area contributed by atoms with Crippen molar-refractivity contribution in [3.63, 3.8) is 0 Å². The molecule has 0 unspecified atom stereocenters. The highest BCUT2D eigenvalue weighted by atomic mass is 35.5. The first-order valence-corrected chi connectivity index (χ1v) is 6.28. The van der Waals surface area contributed by atoms with Crippen LogP contribution in [-0.2, 0) is 10.0 Å². The number of unbranched alkanes of at least 4 members (excludes halogenated alkanes) is 2. The zero-order valence-corrected chi connectivity index (χ0v) is 9.00. The minimum atomic E-state index is -3.15. The Morgan fingerprint density at radius 2 is 2.08 bits per heavy atom. The fraction of sp³-hybridized carbons (Fsp3) is 0.750. The van der Waals surface area contributed by atoms with E-state index in [1.807, 2.05) is 0 Å². The van der Waals surface area contributed by atoms with Crippen molar-refractivity contribution in [1.82, 2.24) is 4.72 Å². The summed E-state index contributed by atoms with van der Waals surface area (Å²) in [4.78, 5) is 0. The summed E-state index contributed by atoms with van der Waals surface area (Å²) in [5, 5.41) is 0. The maximum Gasteiger partial charge on any atom is 0.212 e. The van der Waals surface area contributed by atoms with E-state index in [9.17, 15) is 8.42 Å². The predicted molar refractivity (Wildman–Crippen MR) is 55.2 cm³/mol. The average molecular weight is 224 g/mol. The number of hydrogen-bond donors (Lipinski definition) is 1. The lowest BCUT2D eigenvalue weighted by Gasteiger charge is -2.03. The highest BCUT2D eigenvalue weighted by Gasteiger charge is 2.06. The Kier molecular flexibility index (Phi) is 7.06. The van der Waals surface area contributed by atoms with Gasteiger partial charge in [-0.05, 0) is 12.8 Å². The maximum atomic E-state index is 11.0. The molecule has 0 bridgehead atoms. The molecule has 0 amide bonds. The minimum absolute atomic E-state index is 0.0241. The molecule has 0 saturated heterocycles. The number of alkyl halides is 1. The van der Waals surface area contributed by atoms with Gasteiger partial charge in [-0.15, -0.1) is 23.9 Å². The normalized spacial score (nSPS) is 11.1. The second kappa shape index (κ2) is 7.19. The quantitative estimate of drug-likeness (QED) is 0.397. The van der Waals surface area contributed by atoms with Gasteiger partial charge in [0.2, 0.25) is 10.0 Å². The molecule has 3 nitrogen and oxygen atoms in total. The van der Waals surface area contributed by atoms with Crippen molar-refractivity contribution in [3.8, 4) is 12.3 Å². The fourth-order valence-electron chi connectivity index (χ4n) is 0.753. The number of halogens is 1. The van der Waals surface area contributed by atoms with Gasteiger partial charge in [0.15, 0.2) is 0 Å². The summed E-state index contributed by atoms with van der Waals surface area (Å²) in [5.41, 5.74) is 0. The summed E-state index contributed by atoms with van der Waals surface area (Å²) in [6, 6.07) is 0. The zero-order chi connectivity index (χ0) is 10.2. The van der Waals surface area contributed by atoms with Gasteiger partial charge in [0.05, 0.1) is 5.75 Å². The van der Waals surface area contributed by atoms with Crippen LogP contribution in [0.3, 0.4) is 0 Å². The van der Waals surface area contributed by atoms with Crippen LogP contribution in [-0.4, -0.2) is 26.6 Å². The molecule has 0 atom stereocenters. The highest BCUT2D eigenvalue weighted by molar-refractivity contribution is 7.89. The van der Waals surface area contributed by atoms with Gasteiger partial charge < -0.3 is 0 Å². The molecule has 13 heavy (non-hydrogen) atoms. The van der Waals surface area contributed by atoms with Gasteiger partial charge >= 0.3 is 0 Å². The monoisotopic (exact) mass is 223 g/mol. The maximum absolute atomic E-state index is 11.0. The first-order valence-electron chi connectivity index (χ1n) is 4.09. The van der Waals surface area contributed by atoms with Crippen molar-refractivity contribution in [2.24, 2.45) is 0 Å². The second-order valence-electron chi connectivity index (χ2n) is 2.56. The lowest BCUT2D eigenvalue weighted by atomic mass is 10.2. The van der Waals surface area contributed by atoms with E-state index in [1.165, 1.54) is 0 Å². The molecule has 0 aliphatic carbocycles. The molecule has 0 radical (unpaired) electrons. The van der Waals surface area contributed by atoms with Crippen LogP contribution in [0.4, 0.5) is 0 Å². The average Bonchev–Trinajstić information content (AvgIpc) is 2.04. The number of rotatable bonds is 7. The summed E-state index contributed by atoms with van der Waals surface area (Å²) >= 11 is 5.30. The van der Waals surface area contributed by atoms with E-state index in [0.29, 0.717) is 13.0 Å². The molecule has 1 N–H and O–H groups in total. The topological polar surface area (TPSA) is 46.2 Å².